The first-order valence-corrected chi connectivity index (χ1v) is 7.11. The van der Waals surface area contributed by atoms with Crippen molar-refractivity contribution in [2.45, 2.75) is 45.1 Å². The Morgan fingerprint density at radius 3 is 2.89 bits per heavy atom. The van der Waals surface area contributed by atoms with E-state index in [0.29, 0.717) is 6.61 Å². The van der Waals surface area contributed by atoms with Crippen molar-refractivity contribution in [2.75, 3.05) is 6.61 Å². The van der Waals surface area contributed by atoms with Crippen LogP contribution in [0.4, 0.5) is 0 Å². The van der Waals surface area contributed by atoms with Crippen LogP contribution in [0.15, 0.2) is 36.9 Å². The molecule has 0 amide bonds. The molecular formula is C16H26N2O. The monoisotopic (exact) mass is 262 g/mol. The summed E-state index contributed by atoms with van der Waals surface area (Å²) in [6.07, 6.45) is 7.71. The normalized spacial score (nSPS) is 12.1. The topological polar surface area (TPSA) is 47.3 Å². The van der Waals surface area contributed by atoms with Crippen LogP contribution in [0.5, 0.6) is 5.75 Å². The van der Waals surface area contributed by atoms with Gasteiger partial charge in [0.25, 0.3) is 0 Å². The number of rotatable bonds is 10. The van der Waals surface area contributed by atoms with Crippen LogP contribution in [0.2, 0.25) is 0 Å². The third kappa shape index (κ3) is 5.90. The molecule has 0 fully saturated rings. The first kappa shape index (κ1) is 15.7. The van der Waals surface area contributed by atoms with Gasteiger partial charge in [0.15, 0.2) is 0 Å². The highest BCUT2D eigenvalue weighted by Gasteiger charge is 2.09. The third-order valence-corrected chi connectivity index (χ3v) is 3.17. The number of ether oxygens (including phenoxy) is 1. The van der Waals surface area contributed by atoms with E-state index >= 15 is 0 Å². The summed E-state index contributed by atoms with van der Waals surface area (Å²) in [4.78, 5) is 0. The molecule has 19 heavy (non-hydrogen) atoms. The Balaban J connectivity index is 2.48. The highest BCUT2D eigenvalue weighted by atomic mass is 16.5. The van der Waals surface area contributed by atoms with Gasteiger partial charge in [-0.25, -0.2) is 0 Å². The zero-order valence-corrected chi connectivity index (χ0v) is 11.9. The average molecular weight is 262 g/mol. The SMILES string of the molecule is C=CCCCCCC(NN)c1cccc(OCC)c1. The van der Waals surface area contributed by atoms with Crippen LogP contribution in [0.1, 0.15) is 50.6 Å². The number of allylic oxidation sites excluding steroid dienone is 1. The van der Waals surface area contributed by atoms with Crippen molar-refractivity contribution in [3.8, 4) is 5.75 Å². The molecule has 106 valence electrons. The number of benzene rings is 1. The van der Waals surface area contributed by atoms with E-state index in [1.807, 2.05) is 25.1 Å². The summed E-state index contributed by atoms with van der Waals surface area (Å²) < 4.78 is 5.52. The molecule has 0 radical (unpaired) electrons. The molecule has 1 atom stereocenters. The molecule has 0 aliphatic carbocycles. The fourth-order valence-corrected chi connectivity index (χ4v) is 2.15. The lowest BCUT2D eigenvalue weighted by Crippen LogP contribution is -2.28. The summed E-state index contributed by atoms with van der Waals surface area (Å²) >= 11 is 0. The van der Waals surface area contributed by atoms with Gasteiger partial charge in [0.1, 0.15) is 5.75 Å². The highest BCUT2D eigenvalue weighted by molar-refractivity contribution is 5.30. The average Bonchev–Trinajstić information content (AvgIpc) is 2.43. The van der Waals surface area contributed by atoms with E-state index in [2.05, 4.69) is 24.1 Å². The predicted octanol–water partition coefficient (Wildman–Crippen LogP) is 3.73. The number of hydrogen-bond acceptors (Lipinski definition) is 3. The van der Waals surface area contributed by atoms with Crippen molar-refractivity contribution in [3.63, 3.8) is 0 Å². The van der Waals surface area contributed by atoms with Gasteiger partial charge in [-0.05, 0) is 43.9 Å². The van der Waals surface area contributed by atoms with Crippen molar-refractivity contribution in [1.82, 2.24) is 5.43 Å². The first-order valence-electron chi connectivity index (χ1n) is 7.11. The minimum absolute atomic E-state index is 0.198. The van der Waals surface area contributed by atoms with Crippen molar-refractivity contribution in [3.05, 3.63) is 42.5 Å². The maximum atomic E-state index is 5.66. The molecule has 0 aromatic heterocycles. The summed E-state index contributed by atoms with van der Waals surface area (Å²) in [6.45, 7) is 6.42. The van der Waals surface area contributed by atoms with E-state index in [-0.39, 0.29) is 6.04 Å². The number of nitrogens with two attached hydrogens (primary N) is 1. The summed E-state index contributed by atoms with van der Waals surface area (Å²) in [7, 11) is 0. The zero-order valence-electron chi connectivity index (χ0n) is 11.9. The second-order valence-electron chi connectivity index (χ2n) is 4.65. The van der Waals surface area contributed by atoms with E-state index in [1.54, 1.807) is 0 Å². The van der Waals surface area contributed by atoms with Gasteiger partial charge in [-0.3, -0.25) is 11.3 Å². The maximum absolute atomic E-state index is 5.66. The second-order valence-corrected chi connectivity index (χ2v) is 4.65. The quantitative estimate of drug-likeness (QED) is 0.292. The third-order valence-electron chi connectivity index (χ3n) is 3.17. The molecule has 3 nitrogen and oxygen atoms in total. The van der Waals surface area contributed by atoms with Gasteiger partial charge in [0, 0.05) is 6.04 Å². The van der Waals surface area contributed by atoms with Crippen molar-refractivity contribution in [2.24, 2.45) is 5.84 Å². The fourth-order valence-electron chi connectivity index (χ4n) is 2.15. The molecule has 3 heteroatoms. The smallest absolute Gasteiger partial charge is 0.119 e. The zero-order chi connectivity index (χ0) is 13.9. The van der Waals surface area contributed by atoms with Crippen LogP contribution in [0.3, 0.4) is 0 Å². The molecule has 0 spiro atoms. The lowest BCUT2D eigenvalue weighted by atomic mass is 10.0. The van der Waals surface area contributed by atoms with Crippen molar-refractivity contribution < 1.29 is 4.74 Å². The Hall–Kier alpha value is -1.32. The molecule has 0 saturated heterocycles. The number of unbranched alkanes of at least 4 members (excludes halogenated alkanes) is 3. The van der Waals surface area contributed by atoms with E-state index in [0.717, 1.165) is 18.6 Å². The predicted molar refractivity (Wildman–Crippen MR) is 81.0 cm³/mol. The van der Waals surface area contributed by atoms with Gasteiger partial charge in [-0.15, -0.1) is 6.58 Å². The van der Waals surface area contributed by atoms with Crippen LogP contribution in [-0.2, 0) is 0 Å². The molecule has 0 bridgehead atoms. The van der Waals surface area contributed by atoms with E-state index in [1.165, 1.54) is 24.8 Å². The number of nitrogens with one attached hydrogen (secondary N) is 1. The maximum Gasteiger partial charge on any atom is 0.119 e. The molecular weight excluding hydrogens is 236 g/mol. The fraction of sp³-hybridized carbons (Fsp3) is 0.500. The van der Waals surface area contributed by atoms with Crippen LogP contribution >= 0.6 is 0 Å². The molecule has 0 aliphatic heterocycles. The number of hydrazine groups is 1. The minimum atomic E-state index is 0.198. The van der Waals surface area contributed by atoms with Gasteiger partial charge in [0.2, 0.25) is 0 Å². The van der Waals surface area contributed by atoms with Gasteiger partial charge >= 0.3 is 0 Å². The van der Waals surface area contributed by atoms with E-state index in [9.17, 15) is 0 Å². The Morgan fingerprint density at radius 2 is 2.21 bits per heavy atom. The van der Waals surface area contributed by atoms with Gasteiger partial charge < -0.3 is 4.74 Å². The molecule has 3 N–H and O–H groups in total. The summed E-state index contributed by atoms with van der Waals surface area (Å²) in [5, 5.41) is 0. The molecule has 0 aliphatic rings. The molecule has 1 aromatic rings. The summed E-state index contributed by atoms with van der Waals surface area (Å²) in [6, 6.07) is 8.35. The standard InChI is InChI=1S/C16H26N2O/c1-3-5-6-7-8-12-16(18-17)14-10-9-11-15(13-14)19-4-2/h3,9-11,13,16,18H,1,4-8,12,17H2,2H3. The Kier molecular flexibility index (Phi) is 7.94. The second kappa shape index (κ2) is 9.59. The Morgan fingerprint density at radius 1 is 1.37 bits per heavy atom. The Labute approximate surface area is 116 Å². The highest BCUT2D eigenvalue weighted by Crippen LogP contribution is 2.23. The van der Waals surface area contributed by atoms with Crippen LogP contribution in [0.25, 0.3) is 0 Å². The van der Waals surface area contributed by atoms with Gasteiger partial charge in [-0.1, -0.05) is 31.1 Å². The number of hydrogen-bond donors (Lipinski definition) is 2. The van der Waals surface area contributed by atoms with Gasteiger partial charge in [0.05, 0.1) is 6.61 Å². The van der Waals surface area contributed by atoms with Gasteiger partial charge in [-0.2, -0.15) is 0 Å². The summed E-state index contributed by atoms with van der Waals surface area (Å²) in [5.41, 5.74) is 4.09. The molecule has 0 saturated carbocycles. The largest absolute Gasteiger partial charge is 0.494 e. The first-order chi connectivity index (χ1) is 9.31. The lowest BCUT2D eigenvalue weighted by Gasteiger charge is -2.17. The molecule has 1 rings (SSSR count). The van der Waals surface area contributed by atoms with Crippen LogP contribution in [-0.4, -0.2) is 6.61 Å². The summed E-state index contributed by atoms with van der Waals surface area (Å²) in [5.74, 6) is 6.57. The molecule has 1 unspecified atom stereocenters. The lowest BCUT2D eigenvalue weighted by molar-refractivity contribution is 0.339. The minimum Gasteiger partial charge on any atom is -0.494 e. The van der Waals surface area contributed by atoms with E-state index in [4.69, 9.17) is 10.6 Å². The van der Waals surface area contributed by atoms with Crippen molar-refractivity contribution >= 4 is 0 Å². The van der Waals surface area contributed by atoms with Crippen LogP contribution < -0.4 is 16.0 Å². The van der Waals surface area contributed by atoms with Crippen LogP contribution in [0, 0.1) is 0 Å². The Bertz CT molecular complexity index is 366. The van der Waals surface area contributed by atoms with Crippen molar-refractivity contribution in [1.29, 1.82) is 0 Å². The molecule has 0 heterocycles. The molecule has 1 aromatic carbocycles. The van der Waals surface area contributed by atoms with E-state index < -0.39 is 0 Å².